The lowest BCUT2D eigenvalue weighted by atomic mass is 9.67. The number of carbonyl (C=O) groups is 1. The lowest BCUT2D eigenvalue weighted by Crippen LogP contribution is -2.40. The van der Waals surface area contributed by atoms with Crippen molar-refractivity contribution in [2.24, 2.45) is 21.9 Å². The SMILES string of the molecule is C=C(NC)c1ccc2c(c1)CCc1cc(C(=O)NC)ccc1C2(C[C@H](N)c1ccc(C)cc1)C(=N)N=NN. The van der Waals surface area contributed by atoms with Crippen molar-refractivity contribution in [1.82, 2.24) is 10.6 Å². The zero-order chi connectivity index (χ0) is 27.4. The number of rotatable bonds is 7. The van der Waals surface area contributed by atoms with Gasteiger partial charge < -0.3 is 22.2 Å². The van der Waals surface area contributed by atoms with Crippen molar-refractivity contribution >= 4 is 17.4 Å². The molecule has 1 amide bonds. The summed E-state index contributed by atoms with van der Waals surface area (Å²) in [7, 11) is 3.45. The number of nitrogens with two attached hydrogens (primary N) is 2. The summed E-state index contributed by atoms with van der Waals surface area (Å²) in [4.78, 5) is 12.5. The Kier molecular flexibility index (Phi) is 7.73. The normalized spacial score (nSPS) is 17.2. The van der Waals surface area contributed by atoms with Crippen molar-refractivity contribution < 1.29 is 4.79 Å². The maximum atomic E-state index is 12.5. The molecule has 3 aromatic rings. The minimum absolute atomic E-state index is 0.000141. The van der Waals surface area contributed by atoms with E-state index >= 15 is 0 Å². The molecule has 0 fully saturated rings. The third-order valence-corrected chi connectivity index (χ3v) is 7.53. The van der Waals surface area contributed by atoms with Crippen LogP contribution in [0.5, 0.6) is 0 Å². The van der Waals surface area contributed by atoms with E-state index in [2.05, 4.69) is 33.6 Å². The lowest BCUT2D eigenvalue weighted by molar-refractivity contribution is 0.0963. The van der Waals surface area contributed by atoms with Crippen molar-refractivity contribution in [3.63, 3.8) is 0 Å². The first-order valence-corrected chi connectivity index (χ1v) is 12.6. The summed E-state index contributed by atoms with van der Waals surface area (Å²) in [5.41, 5.74) is 14.1. The van der Waals surface area contributed by atoms with Gasteiger partial charge in [0.2, 0.25) is 0 Å². The Morgan fingerprint density at radius 1 is 1.00 bits per heavy atom. The molecular weight excluding hydrogens is 474 g/mol. The number of hydrogen-bond acceptors (Lipinski definition) is 5. The van der Waals surface area contributed by atoms with E-state index in [0.29, 0.717) is 24.8 Å². The van der Waals surface area contributed by atoms with Gasteiger partial charge in [-0.05, 0) is 77.8 Å². The number of aryl methyl sites for hydroxylation is 3. The van der Waals surface area contributed by atoms with Crippen LogP contribution in [-0.2, 0) is 18.3 Å². The number of amides is 1. The van der Waals surface area contributed by atoms with Crippen LogP contribution in [-0.4, -0.2) is 25.8 Å². The van der Waals surface area contributed by atoms with Crippen LogP contribution >= 0.6 is 0 Å². The molecule has 7 N–H and O–H groups in total. The van der Waals surface area contributed by atoms with E-state index in [-0.39, 0.29) is 11.7 Å². The second-order valence-electron chi connectivity index (χ2n) is 9.74. The fourth-order valence-electron chi connectivity index (χ4n) is 5.44. The molecule has 4 rings (SSSR count). The summed E-state index contributed by atoms with van der Waals surface area (Å²) in [6.45, 7) is 6.16. The molecular formula is C30H35N7O. The Labute approximate surface area is 223 Å². The maximum absolute atomic E-state index is 12.5. The van der Waals surface area contributed by atoms with Crippen LogP contribution in [0.25, 0.3) is 5.70 Å². The highest BCUT2D eigenvalue weighted by atomic mass is 16.1. The molecule has 3 aromatic carbocycles. The standard InChI is InChI=1S/C30H35N7O/c1-18-5-7-20(8-6-18)27(31)17-30(29(32)36-37-33)25-13-11-21(19(2)34-3)15-22(25)9-10-23-16-24(28(38)35-4)12-14-26(23)30/h5-8,11-16,27,34H,2,9-10,17,31H2,1,3-4H3,(H,35,38)(H3,32,33,36)/t27-,30?/m0/s1. The third kappa shape index (κ3) is 4.82. The van der Waals surface area contributed by atoms with Gasteiger partial charge in [-0.1, -0.05) is 59.8 Å². The number of nitrogens with one attached hydrogen (secondary N) is 3. The topological polar surface area (TPSA) is 142 Å². The van der Waals surface area contributed by atoms with E-state index in [1.54, 1.807) is 13.1 Å². The highest BCUT2D eigenvalue weighted by molar-refractivity contribution is 5.97. The number of carbonyl (C=O) groups excluding carboxylic acids is 1. The summed E-state index contributed by atoms with van der Waals surface area (Å²) >= 11 is 0. The first-order chi connectivity index (χ1) is 18.2. The van der Waals surface area contributed by atoms with Crippen molar-refractivity contribution in [2.75, 3.05) is 14.1 Å². The van der Waals surface area contributed by atoms with E-state index in [9.17, 15) is 10.2 Å². The Morgan fingerprint density at radius 2 is 1.58 bits per heavy atom. The molecule has 0 heterocycles. The average molecular weight is 510 g/mol. The zero-order valence-electron chi connectivity index (χ0n) is 22.1. The fraction of sp³-hybridized carbons (Fsp3) is 0.267. The van der Waals surface area contributed by atoms with Crippen molar-refractivity contribution in [3.8, 4) is 0 Å². The molecule has 1 aliphatic rings. The lowest BCUT2D eigenvalue weighted by Gasteiger charge is -2.37. The molecule has 38 heavy (non-hydrogen) atoms. The Morgan fingerprint density at radius 3 is 2.13 bits per heavy atom. The quantitative estimate of drug-likeness (QED) is 0.106. The first-order valence-electron chi connectivity index (χ1n) is 12.6. The molecule has 8 heteroatoms. The molecule has 1 unspecified atom stereocenters. The highest BCUT2D eigenvalue weighted by Crippen LogP contribution is 2.46. The monoisotopic (exact) mass is 509 g/mol. The number of nitrogens with zero attached hydrogens (tertiary/aromatic N) is 2. The Balaban J connectivity index is 2.00. The van der Waals surface area contributed by atoms with Crippen LogP contribution in [0.1, 0.15) is 61.8 Å². The maximum Gasteiger partial charge on any atom is 0.251 e. The summed E-state index contributed by atoms with van der Waals surface area (Å²) in [6.07, 6.45) is 1.75. The molecule has 0 aliphatic heterocycles. The van der Waals surface area contributed by atoms with Gasteiger partial charge in [-0.15, -0.1) is 5.11 Å². The van der Waals surface area contributed by atoms with Crippen LogP contribution in [0.2, 0.25) is 0 Å². The van der Waals surface area contributed by atoms with Crippen LogP contribution in [0.4, 0.5) is 0 Å². The number of fused-ring (bicyclic) bond motifs is 2. The van der Waals surface area contributed by atoms with Crippen LogP contribution in [0.3, 0.4) is 0 Å². The van der Waals surface area contributed by atoms with Crippen molar-refractivity contribution in [2.45, 2.75) is 37.6 Å². The van der Waals surface area contributed by atoms with Gasteiger partial charge in [-0.25, -0.2) is 0 Å². The highest BCUT2D eigenvalue weighted by Gasteiger charge is 2.45. The van der Waals surface area contributed by atoms with Crippen LogP contribution < -0.4 is 22.2 Å². The van der Waals surface area contributed by atoms with Gasteiger partial charge in [0.15, 0.2) is 5.84 Å². The Hall–Kier alpha value is -4.30. The summed E-state index contributed by atoms with van der Waals surface area (Å²) < 4.78 is 0. The van der Waals surface area contributed by atoms with E-state index in [0.717, 1.165) is 44.6 Å². The van der Waals surface area contributed by atoms with Gasteiger partial charge in [-0.3, -0.25) is 10.2 Å². The predicted octanol–water partition coefficient (Wildman–Crippen LogP) is 4.32. The predicted molar refractivity (Wildman–Crippen MR) is 152 cm³/mol. The number of hydrogen-bond donors (Lipinski definition) is 5. The summed E-state index contributed by atoms with van der Waals surface area (Å²) in [5, 5.41) is 22.6. The van der Waals surface area contributed by atoms with Crippen LogP contribution in [0, 0.1) is 12.3 Å². The van der Waals surface area contributed by atoms with Gasteiger partial charge in [0.05, 0.1) is 5.41 Å². The average Bonchev–Trinajstić information content (AvgIpc) is 3.07. The molecule has 8 nitrogen and oxygen atoms in total. The van der Waals surface area contributed by atoms with E-state index < -0.39 is 11.5 Å². The second kappa shape index (κ2) is 11.0. The van der Waals surface area contributed by atoms with E-state index in [1.807, 2.05) is 62.5 Å². The fourth-order valence-corrected chi connectivity index (χ4v) is 5.44. The molecule has 1 aliphatic carbocycles. The van der Waals surface area contributed by atoms with Gasteiger partial charge in [0.1, 0.15) is 0 Å². The minimum atomic E-state index is -1.05. The molecule has 0 aromatic heterocycles. The van der Waals surface area contributed by atoms with E-state index in [4.69, 9.17) is 11.6 Å². The molecule has 0 saturated heterocycles. The minimum Gasteiger partial charge on any atom is -0.388 e. The van der Waals surface area contributed by atoms with E-state index in [1.165, 1.54) is 0 Å². The molecule has 0 bridgehead atoms. The number of benzene rings is 3. The largest absolute Gasteiger partial charge is 0.388 e. The van der Waals surface area contributed by atoms with Gasteiger partial charge in [-0.2, -0.15) is 0 Å². The second-order valence-corrected chi connectivity index (χ2v) is 9.74. The molecule has 0 spiro atoms. The molecule has 2 atom stereocenters. The zero-order valence-corrected chi connectivity index (χ0v) is 22.1. The summed E-state index contributed by atoms with van der Waals surface area (Å²) in [5.74, 6) is 5.34. The Bertz CT molecular complexity index is 1340. The number of amidine groups is 1. The molecule has 0 radical (unpaired) electrons. The first kappa shape index (κ1) is 26.8. The van der Waals surface area contributed by atoms with Gasteiger partial charge in [0, 0.05) is 31.4 Å². The third-order valence-electron chi connectivity index (χ3n) is 7.53. The smallest absolute Gasteiger partial charge is 0.251 e. The molecule has 196 valence electrons. The van der Waals surface area contributed by atoms with Crippen molar-refractivity contribution in [3.05, 3.63) is 112 Å². The molecule has 0 saturated carbocycles. The summed E-state index contributed by atoms with van der Waals surface area (Å²) in [6, 6.07) is 19.5. The van der Waals surface area contributed by atoms with Crippen molar-refractivity contribution in [1.29, 1.82) is 5.41 Å². The van der Waals surface area contributed by atoms with Crippen LogP contribution in [0.15, 0.2) is 77.6 Å². The van der Waals surface area contributed by atoms with Gasteiger partial charge >= 0.3 is 0 Å². The van der Waals surface area contributed by atoms with Gasteiger partial charge in [0.25, 0.3) is 5.91 Å².